The summed E-state index contributed by atoms with van der Waals surface area (Å²) in [5, 5.41) is 5.17. The topological polar surface area (TPSA) is 58.2 Å². The van der Waals surface area contributed by atoms with Gasteiger partial charge in [-0.25, -0.2) is 0 Å². The van der Waals surface area contributed by atoms with Crippen molar-refractivity contribution in [2.24, 2.45) is 5.41 Å². The molecular weight excluding hydrogens is 309 g/mol. The lowest BCUT2D eigenvalue weighted by atomic mass is 10.0. The van der Waals surface area contributed by atoms with Gasteiger partial charge in [0, 0.05) is 11.2 Å². The number of amides is 2. The van der Waals surface area contributed by atoms with E-state index in [1.807, 2.05) is 0 Å². The summed E-state index contributed by atoms with van der Waals surface area (Å²) < 4.78 is 38.1. The fourth-order valence-electron chi connectivity index (χ4n) is 2.17. The molecule has 0 heterocycles. The van der Waals surface area contributed by atoms with E-state index in [0.29, 0.717) is 12.8 Å². The molecule has 0 unspecified atom stereocenters. The highest BCUT2D eigenvalue weighted by Crippen LogP contribution is 2.47. The number of nitrogens with one attached hydrogen (secondary N) is 2. The van der Waals surface area contributed by atoms with Crippen LogP contribution in [0.15, 0.2) is 24.3 Å². The number of hydrogen-bond acceptors (Lipinski definition) is 2. The third-order valence-electron chi connectivity index (χ3n) is 3.56. The summed E-state index contributed by atoms with van der Waals surface area (Å²) in [7, 11) is 0. The minimum absolute atomic E-state index is 0.0275. The molecule has 1 fully saturated rings. The predicted molar refractivity (Wildman–Crippen MR) is 79.6 cm³/mol. The summed E-state index contributed by atoms with van der Waals surface area (Å²) in [6, 6.07) is 4.36. The van der Waals surface area contributed by atoms with Gasteiger partial charge in [-0.3, -0.25) is 9.59 Å². The Bertz CT molecular complexity index is 629. The Morgan fingerprint density at radius 1 is 1.09 bits per heavy atom. The van der Waals surface area contributed by atoms with Crippen molar-refractivity contribution in [3.05, 3.63) is 29.8 Å². The van der Waals surface area contributed by atoms with E-state index in [1.165, 1.54) is 12.1 Å². The summed E-state index contributed by atoms with van der Waals surface area (Å²) in [5.74, 6) is -0.965. The van der Waals surface area contributed by atoms with Crippen LogP contribution < -0.4 is 10.6 Å². The Kier molecular flexibility index (Phi) is 4.17. The highest BCUT2D eigenvalue weighted by Gasteiger charge is 2.57. The van der Waals surface area contributed by atoms with E-state index in [0.717, 1.165) is 12.1 Å². The van der Waals surface area contributed by atoms with E-state index < -0.39 is 34.5 Å². The molecule has 0 atom stereocenters. The molecule has 23 heavy (non-hydrogen) atoms. The first kappa shape index (κ1) is 17.3. The van der Waals surface area contributed by atoms with Crippen molar-refractivity contribution in [1.82, 2.24) is 5.32 Å². The molecule has 1 saturated carbocycles. The predicted octanol–water partition coefficient (Wildman–Crippen LogP) is 3.34. The lowest BCUT2D eigenvalue weighted by Crippen LogP contribution is -2.48. The van der Waals surface area contributed by atoms with Gasteiger partial charge in [0.2, 0.25) is 11.8 Å². The summed E-state index contributed by atoms with van der Waals surface area (Å²) in [6.07, 6.45) is -3.71. The third-order valence-corrected chi connectivity index (χ3v) is 3.56. The van der Waals surface area contributed by atoms with Gasteiger partial charge in [-0.05, 0) is 51.8 Å². The van der Waals surface area contributed by atoms with Crippen LogP contribution in [0.2, 0.25) is 0 Å². The SMILES string of the molecule is CC(C)(C)NC(=O)C1(C(=O)Nc2cccc(C(F)(F)F)c2)CC1. The van der Waals surface area contributed by atoms with Crippen molar-refractivity contribution in [3.63, 3.8) is 0 Å². The zero-order valence-corrected chi connectivity index (χ0v) is 13.2. The second-order valence-electron chi connectivity index (χ2n) is 6.82. The summed E-state index contributed by atoms with van der Waals surface area (Å²) >= 11 is 0. The number of anilines is 1. The largest absolute Gasteiger partial charge is 0.416 e. The second-order valence-corrected chi connectivity index (χ2v) is 6.82. The fourth-order valence-corrected chi connectivity index (χ4v) is 2.17. The van der Waals surface area contributed by atoms with Gasteiger partial charge in [-0.2, -0.15) is 13.2 Å². The average molecular weight is 328 g/mol. The lowest BCUT2D eigenvalue weighted by Gasteiger charge is -2.24. The summed E-state index contributed by atoms with van der Waals surface area (Å²) in [4.78, 5) is 24.6. The van der Waals surface area contributed by atoms with Crippen LogP contribution >= 0.6 is 0 Å². The number of carbonyl (C=O) groups is 2. The number of rotatable bonds is 3. The van der Waals surface area contributed by atoms with Crippen molar-refractivity contribution in [2.45, 2.75) is 45.3 Å². The van der Waals surface area contributed by atoms with Crippen LogP contribution in [0, 0.1) is 5.41 Å². The van der Waals surface area contributed by atoms with Gasteiger partial charge < -0.3 is 10.6 Å². The molecule has 1 aliphatic rings. The first-order valence-electron chi connectivity index (χ1n) is 7.25. The zero-order valence-electron chi connectivity index (χ0n) is 13.2. The molecule has 0 aromatic heterocycles. The highest BCUT2D eigenvalue weighted by atomic mass is 19.4. The van der Waals surface area contributed by atoms with E-state index in [4.69, 9.17) is 0 Å². The van der Waals surface area contributed by atoms with Crippen LogP contribution in [0.4, 0.5) is 18.9 Å². The molecule has 126 valence electrons. The Morgan fingerprint density at radius 3 is 2.17 bits per heavy atom. The normalized spacial score (nSPS) is 16.6. The van der Waals surface area contributed by atoms with Gasteiger partial charge in [0.15, 0.2) is 0 Å². The van der Waals surface area contributed by atoms with Gasteiger partial charge in [0.1, 0.15) is 5.41 Å². The van der Waals surface area contributed by atoms with Crippen molar-refractivity contribution in [2.75, 3.05) is 5.32 Å². The maximum Gasteiger partial charge on any atom is 0.416 e. The minimum Gasteiger partial charge on any atom is -0.351 e. The van der Waals surface area contributed by atoms with Crippen LogP contribution in [-0.2, 0) is 15.8 Å². The number of benzene rings is 1. The first-order valence-corrected chi connectivity index (χ1v) is 7.25. The summed E-state index contributed by atoms with van der Waals surface area (Å²) in [5.41, 5.74) is -2.48. The van der Waals surface area contributed by atoms with Gasteiger partial charge in [-0.15, -0.1) is 0 Å². The molecule has 0 radical (unpaired) electrons. The van der Waals surface area contributed by atoms with Crippen LogP contribution in [0.25, 0.3) is 0 Å². The van der Waals surface area contributed by atoms with Gasteiger partial charge >= 0.3 is 6.18 Å². The molecular formula is C16H19F3N2O2. The van der Waals surface area contributed by atoms with Crippen LogP contribution in [0.3, 0.4) is 0 Å². The zero-order chi connectivity index (χ0) is 17.5. The monoisotopic (exact) mass is 328 g/mol. The Hall–Kier alpha value is -2.05. The Morgan fingerprint density at radius 2 is 1.70 bits per heavy atom. The van der Waals surface area contributed by atoms with Gasteiger partial charge in [-0.1, -0.05) is 6.07 Å². The van der Waals surface area contributed by atoms with Crippen molar-refractivity contribution >= 4 is 17.5 Å². The Balaban J connectivity index is 2.12. The number of alkyl halides is 3. The van der Waals surface area contributed by atoms with Gasteiger partial charge in [0.05, 0.1) is 5.56 Å². The van der Waals surface area contributed by atoms with E-state index in [-0.39, 0.29) is 5.69 Å². The van der Waals surface area contributed by atoms with Crippen LogP contribution in [0.1, 0.15) is 39.2 Å². The van der Waals surface area contributed by atoms with E-state index in [1.54, 1.807) is 20.8 Å². The molecule has 1 aromatic carbocycles. The van der Waals surface area contributed by atoms with Crippen molar-refractivity contribution in [3.8, 4) is 0 Å². The highest BCUT2D eigenvalue weighted by molar-refractivity contribution is 6.13. The Labute approximate surface area is 132 Å². The fraction of sp³-hybridized carbons (Fsp3) is 0.500. The first-order chi connectivity index (χ1) is 10.4. The second kappa shape index (κ2) is 5.54. The lowest BCUT2D eigenvalue weighted by molar-refractivity contribution is -0.138. The molecule has 4 nitrogen and oxygen atoms in total. The van der Waals surface area contributed by atoms with Crippen molar-refractivity contribution < 1.29 is 22.8 Å². The van der Waals surface area contributed by atoms with E-state index in [9.17, 15) is 22.8 Å². The van der Waals surface area contributed by atoms with Crippen molar-refractivity contribution in [1.29, 1.82) is 0 Å². The molecule has 0 aliphatic heterocycles. The molecule has 2 N–H and O–H groups in total. The smallest absolute Gasteiger partial charge is 0.351 e. The van der Waals surface area contributed by atoms with E-state index in [2.05, 4.69) is 10.6 Å². The number of carbonyl (C=O) groups excluding carboxylic acids is 2. The minimum atomic E-state index is -4.48. The van der Waals surface area contributed by atoms with Crippen LogP contribution in [0.5, 0.6) is 0 Å². The average Bonchev–Trinajstić information content (AvgIpc) is 3.17. The molecule has 1 aliphatic carbocycles. The molecule has 0 saturated heterocycles. The summed E-state index contributed by atoms with van der Waals surface area (Å²) in [6.45, 7) is 5.39. The molecule has 2 amide bonds. The maximum absolute atomic E-state index is 12.7. The van der Waals surface area contributed by atoms with Gasteiger partial charge in [0.25, 0.3) is 0 Å². The molecule has 1 aromatic rings. The number of halogens is 3. The molecule has 0 spiro atoms. The molecule has 7 heteroatoms. The third kappa shape index (κ3) is 4.03. The van der Waals surface area contributed by atoms with E-state index >= 15 is 0 Å². The molecule has 2 rings (SSSR count). The standard InChI is InChI=1S/C16H19F3N2O2/c1-14(2,3)21-13(23)15(7-8-15)12(22)20-11-6-4-5-10(9-11)16(17,18)19/h4-6,9H,7-8H2,1-3H3,(H,20,22)(H,21,23). The molecule has 0 bridgehead atoms. The quantitative estimate of drug-likeness (QED) is 0.836. The van der Waals surface area contributed by atoms with Crippen LogP contribution in [-0.4, -0.2) is 17.4 Å². The maximum atomic E-state index is 12.7. The number of hydrogen-bond donors (Lipinski definition) is 2.